The SMILES string of the molecule is Cc1cnccc1N1C[C@@H](Cc2ccccn2)[C@H](O)C1. The van der Waals surface area contributed by atoms with E-state index in [0.717, 1.165) is 24.2 Å². The van der Waals surface area contributed by atoms with Crippen LogP contribution in [0.25, 0.3) is 0 Å². The summed E-state index contributed by atoms with van der Waals surface area (Å²) in [4.78, 5) is 10.7. The Morgan fingerprint density at radius 2 is 2.15 bits per heavy atom. The fraction of sp³-hybridized carbons (Fsp3) is 0.375. The first-order valence-electron chi connectivity index (χ1n) is 6.97. The summed E-state index contributed by atoms with van der Waals surface area (Å²) in [6.45, 7) is 3.60. The van der Waals surface area contributed by atoms with Crippen molar-refractivity contribution in [2.45, 2.75) is 19.4 Å². The molecule has 1 aliphatic heterocycles. The summed E-state index contributed by atoms with van der Waals surface area (Å²) in [5.41, 5.74) is 3.37. The number of anilines is 1. The number of hydrogen-bond acceptors (Lipinski definition) is 4. The average Bonchev–Trinajstić information content (AvgIpc) is 2.81. The summed E-state index contributed by atoms with van der Waals surface area (Å²) in [5, 5.41) is 10.3. The summed E-state index contributed by atoms with van der Waals surface area (Å²) in [6.07, 6.45) is 6.00. The molecule has 0 amide bonds. The molecule has 0 bridgehead atoms. The summed E-state index contributed by atoms with van der Waals surface area (Å²) >= 11 is 0. The number of aryl methyl sites for hydroxylation is 1. The zero-order valence-electron chi connectivity index (χ0n) is 11.6. The molecule has 1 N–H and O–H groups in total. The standard InChI is InChI=1S/C16H19N3O/c1-12-9-17-7-5-15(12)19-10-13(16(20)11-19)8-14-4-2-3-6-18-14/h2-7,9,13,16,20H,8,10-11H2,1H3/t13-,16-/m1/s1. The molecular formula is C16H19N3O. The van der Waals surface area contributed by atoms with Gasteiger partial charge in [0.2, 0.25) is 0 Å². The van der Waals surface area contributed by atoms with Gasteiger partial charge in [0.05, 0.1) is 6.10 Å². The highest BCUT2D eigenvalue weighted by Gasteiger charge is 2.32. The molecule has 2 atom stereocenters. The minimum atomic E-state index is -0.301. The third-order valence-electron chi connectivity index (χ3n) is 3.94. The van der Waals surface area contributed by atoms with Gasteiger partial charge in [-0.1, -0.05) is 6.07 Å². The lowest BCUT2D eigenvalue weighted by Gasteiger charge is -2.20. The van der Waals surface area contributed by atoms with Crippen LogP contribution in [0, 0.1) is 12.8 Å². The first-order valence-corrected chi connectivity index (χ1v) is 6.97. The van der Waals surface area contributed by atoms with E-state index < -0.39 is 0 Å². The monoisotopic (exact) mass is 269 g/mol. The lowest BCUT2D eigenvalue weighted by molar-refractivity contribution is 0.148. The van der Waals surface area contributed by atoms with E-state index in [1.807, 2.05) is 30.5 Å². The molecular weight excluding hydrogens is 250 g/mol. The highest BCUT2D eigenvalue weighted by molar-refractivity contribution is 5.52. The van der Waals surface area contributed by atoms with Crippen molar-refractivity contribution in [2.24, 2.45) is 5.92 Å². The Balaban J connectivity index is 1.73. The van der Waals surface area contributed by atoms with Gasteiger partial charge in [0.25, 0.3) is 0 Å². The summed E-state index contributed by atoms with van der Waals surface area (Å²) < 4.78 is 0. The molecule has 4 heteroatoms. The van der Waals surface area contributed by atoms with Crippen LogP contribution in [0.15, 0.2) is 42.9 Å². The number of aliphatic hydroxyl groups excluding tert-OH is 1. The second kappa shape index (κ2) is 5.59. The third-order valence-corrected chi connectivity index (χ3v) is 3.94. The molecule has 1 saturated heterocycles. The highest BCUT2D eigenvalue weighted by Crippen LogP contribution is 2.27. The van der Waals surface area contributed by atoms with Crippen LogP contribution in [-0.4, -0.2) is 34.3 Å². The first-order chi connectivity index (χ1) is 9.74. The summed E-state index contributed by atoms with van der Waals surface area (Å²) in [7, 11) is 0. The van der Waals surface area contributed by atoms with Crippen molar-refractivity contribution in [2.75, 3.05) is 18.0 Å². The van der Waals surface area contributed by atoms with Crippen molar-refractivity contribution in [3.8, 4) is 0 Å². The lowest BCUT2D eigenvalue weighted by atomic mass is 10.00. The molecule has 1 aliphatic rings. The van der Waals surface area contributed by atoms with Crippen molar-refractivity contribution < 1.29 is 5.11 Å². The van der Waals surface area contributed by atoms with Crippen LogP contribution in [0.4, 0.5) is 5.69 Å². The van der Waals surface area contributed by atoms with E-state index in [1.54, 1.807) is 12.4 Å². The van der Waals surface area contributed by atoms with E-state index in [9.17, 15) is 5.11 Å². The molecule has 3 rings (SSSR count). The van der Waals surface area contributed by atoms with Crippen molar-refractivity contribution in [1.29, 1.82) is 0 Å². The highest BCUT2D eigenvalue weighted by atomic mass is 16.3. The van der Waals surface area contributed by atoms with Crippen molar-refractivity contribution in [1.82, 2.24) is 9.97 Å². The largest absolute Gasteiger partial charge is 0.391 e. The molecule has 0 spiro atoms. The molecule has 20 heavy (non-hydrogen) atoms. The molecule has 2 aromatic heterocycles. The van der Waals surface area contributed by atoms with Gasteiger partial charge in [-0.3, -0.25) is 9.97 Å². The number of nitrogens with zero attached hydrogens (tertiary/aromatic N) is 3. The van der Waals surface area contributed by atoms with Gasteiger partial charge in [0.15, 0.2) is 0 Å². The van der Waals surface area contributed by atoms with Crippen LogP contribution >= 0.6 is 0 Å². The van der Waals surface area contributed by atoms with Gasteiger partial charge in [-0.2, -0.15) is 0 Å². The third kappa shape index (κ3) is 2.65. The Bertz CT molecular complexity index is 573. The zero-order valence-corrected chi connectivity index (χ0v) is 11.6. The number of aliphatic hydroxyl groups is 1. The average molecular weight is 269 g/mol. The van der Waals surface area contributed by atoms with Crippen LogP contribution in [0.5, 0.6) is 0 Å². The van der Waals surface area contributed by atoms with Gasteiger partial charge in [-0.15, -0.1) is 0 Å². The lowest BCUT2D eigenvalue weighted by Crippen LogP contribution is -2.21. The molecule has 0 aromatic carbocycles. The summed E-state index contributed by atoms with van der Waals surface area (Å²) in [6, 6.07) is 7.95. The smallest absolute Gasteiger partial charge is 0.0763 e. The Morgan fingerprint density at radius 3 is 2.90 bits per heavy atom. The Hall–Kier alpha value is -1.94. The fourth-order valence-electron chi connectivity index (χ4n) is 2.86. The minimum absolute atomic E-state index is 0.234. The van der Waals surface area contributed by atoms with Crippen molar-refractivity contribution in [3.63, 3.8) is 0 Å². The number of pyridine rings is 2. The van der Waals surface area contributed by atoms with Crippen LogP contribution in [0.3, 0.4) is 0 Å². The second-order valence-electron chi connectivity index (χ2n) is 5.42. The fourth-order valence-corrected chi connectivity index (χ4v) is 2.86. The Kier molecular flexibility index (Phi) is 3.65. The van der Waals surface area contributed by atoms with Gasteiger partial charge in [0, 0.05) is 49.0 Å². The molecule has 1 fully saturated rings. The number of hydrogen-bond donors (Lipinski definition) is 1. The number of β-amino-alcohol motifs (C(OH)–C–C–N with tert-alkyl or cyclic N) is 1. The van der Waals surface area contributed by atoms with Crippen LogP contribution < -0.4 is 4.90 Å². The van der Waals surface area contributed by atoms with Gasteiger partial charge >= 0.3 is 0 Å². The predicted octanol–water partition coefficient (Wildman–Crippen LogP) is 1.82. The Morgan fingerprint density at radius 1 is 1.25 bits per heavy atom. The van der Waals surface area contributed by atoms with Gasteiger partial charge < -0.3 is 10.0 Å². The van der Waals surface area contributed by atoms with Crippen molar-refractivity contribution in [3.05, 3.63) is 54.1 Å². The topological polar surface area (TPSA) is 49.2 Å². The van der Waals surface area contributed by atoms with Gasteiger partial charge in [-0.25, -0.2) is 0 Å². The minimum Gasteiger partial charge on any atom is -0.391 e. The molecule has 0 unspecified atom stereocenters. The quantitative estimate of drug-likeness (QED) is 0.923. The van der Waals surface area contributed by atoms with Crippen LogP contribution in [0.2, 0.25) is 0 Å². The van der Waals surface area contributed by atoms with E-state index in [2.05, 4.69) is 21.8 Å². The Labute approximate surface area is 119 Å². The molecule has 0 saturated carbocycles. The van der Waals surface area contributed by atoms with E-state index in [-0.39, 0.29) is 12.0 Å². The molecule has 104 valence electrons. The molecule has 0 aliphatic carbocycles. The molecule has 0 radical (unpaired) electrons. The van der Waals surface area contributed by atoms with Crippen LogP contribution in [0.1, 0.15) is 11.3 Å². The predicted molar refractivity (Wildman–Crippen MR) is 78.6 cm³/mol. The number of aromatic nitrogens is 2. The normalized spacial score (nSPS) is 22.2. The van der Waals surface area contributed by atoms with E-state index in [4.69, 9.17) is 0 Å². The molecule has 2 aromatic rings. The molecule has 4 nitrogen and oxygen atoms in total. The van der Waals surface area contributed by atoms with Crippen LogP contribution in [-0.2, 0) is 6.42 Å². The van der Waals surface area contributed by atoms with E-state index in [1.165, 1.54) is 5.69 Å². The van der Waals surface area contributed by atoms with Gasteiger partial charge in [0.1, 0.15) is 0 Å². The molecule has 3 heterocycles. The maximum Gasteiger partial charge on any atom is 0.0763 e. The van der Waals surface area contributed by atoms with E-state index >= 15 is 0 Å². The maximum absolute atomic E-state index is 10.3. The van der Waals surface area contributed by atoms with Crippen molar-refractivity contribution >= 4 is 5.69 Å². The first kappa shape index (κ1) is 13.1. The zero-order chi connectivity index (χ0) is 13.9. The van der Waals surface area contributed by atoms with Gasteiger partial charge in [-0.05, 0) is 37.1 Å². The number of rotatable bonds is 3. The summed E-state index contributed by atoms with van der Waals surface area (Å²) in [5.74, 6) is 0.234. The maximum atomic E-state index is 10.3. The van der Waals surface area contributed by atoms with E-state index in [0.29, 0.717) is 6.54 Å². The second-order valence-corrected chi connectivity index (χ2v) is 5.42.